The molecule has 4 aliphatic rings. The Morgan fingerprint density at radius 2 is 1.90 bits per heavy atom. The van der Waals surface area contributed by atoms with Gasteiger partial charge in [-0.3, -0.25) is 13.9 Å². The first-order valence-corrected chi connectivity index (χ1v) is 10.7. The Hall–Kier alpha value is -1.89. The van der Waals surface area contributed by atoms with Crippen molar-refractivity contribution in [2.45, 2.75) is 70.4 Å². The van der Waals surface area contributed by atoms with Crippen LogP contribution in [-0.4, -0.2) is 30.7 Å². The lowest BCUT2D eigenvalue weighted by Gasteiger charge is -2.61. The summed E-state index contributed by atoms with van der Waals surface area (Å²) in [4.78, 5) is 35.1. The van der Waals surface area contributed by atoms with E-state index in [9.17, 15) is 9.59 Å². The van der Waals surface area contributed by atoms with E-state index in [4.69, 9.17) is 16.3 Å². The number of nitrogens with zero attached hydrogens (tertiary/aromatic N) is 4. The molecular weight excluding hydrogens is 392 g/mol. The van der Waals surface area contributed by atoms with Crippen LogP contribution in [0.3, 0.4) is 0 Å². The van der Waals surface area contributed by atoms with Crippen LogP contribution in [0.1, 0.15) is 59.3 Å². The van der Waals surface area contributed by atoms with E-state index >= 15 is 0 Å². The molecule has 0 amide bonds. The number of aryl methyl sites for hydroxylation is 1. The van der Waals surface area contributed by atoms with Gasteiger partial charge in [-0.15, -0.1) is 0 Å². The molecule has 0 radical (unpaired) electrons. The van der Waals surface area contributed by atoms with Crippen LogP contribution in [0.2, 0.25) is 5.28 Å². The Morgan fingerprint density at radius 3 is 2.52 bits per heavy atom. The second kappa shape index (κ2) is 5.84. The van der Waals surface area contributed by atoms with Gasteiger partial charge in [-0.2, -0.15) is 4.98 Å². The number of aromatic nitrogens is 4. The van der Waals surface area contributed by atoms with E-state index < -0.39 is 16.6 Å². The first kappa shape index (κ1) is 19.1. The van der Waals surface area contributed by atoms with Gasteiger partial charge in [0, 0.05) is 7.05 Å². The molecule has 4 fully saturated rings. The maximum atomic E-state index is 13.3. The number of esters is 1. The lowest BCUT2D eigenvalue weighted by atomic mass is 9.46. The number of ether oxygens (including phenoxy) is 1. The van der Waals surface area contributed by atoms with Gasteiger partial charge >= 0.3 is 11.7 Å². The van der Waals surface area contributed by atoms with Crippen molar-refractivity contribution in [2.24, 2.45) is 24.3 Å². The van der Waals surface area contributed by atoms with Crippen LogP contribution >= 0.6 is 11.6 Å². The van der Waals surface area contributed by atoms with Gasteiger partial charge in [-0.25, -0.2) is 9.78 Å². The molecule has 0 aliphatic heterocycles. The van der Waals surface area contributed by atoms with Crippen LogP contribution in [0.5, 0.6) is 0 Å². The summed E-state index contributed by atoms with van der Waals surface area (Å²) in [6, 6.07) is 0. The third-order valence-corrected chi connectivity index (χ3v) is 7.29. The summed E-state index contributed by atoms with van der Waals surface area (Å²) in [5.41, 5.74) is -0.339. The van der Waals surface area contributed by atoms with E-state index in [0.717, 1.165) is 32.1 Å². The highest BCUT2D eigenvalue weighted by molar-refractivity contribution is 6.28. The van der Waals surface area contributed by atoms with Crippen LogP contribution < -0.4 is 5.69 Å². The number of rotatable bonds is 2. The molecule has 4 saturated carbocycles. The third-order valence-electron chi connectivity index (χ3n) is 7.11. The van der Waals surface area contributed by atoms with Crippen molar-refractivity contribution in [1.82, 2.24) is 19.1 Å². The van der Waals surface area contributed by atoms with Gasteiger partial charge in [0.1, 0.15) is 11.1 Å². The van der Waals surface area contributed by atoms with Gasteiger partial charge in [0.2, 0.25) is 5.28 Å². The van der Waals surface area contributed by atoms with Crippen molar-refractivity contribution < 1.29 is 9.53 Å². The number of imidazole rings is 1. The Labute approximate surface area is 174 Å². The summed E-state index contributed by atoms with van der Waals surface area (Å²) in [7, 11) is 1.74. The van der Waals surface area contributed by atoms with Crippen LogP contribution in [-0.2, 0) is 22.1 Å². The van der Waals surface area contributed by atoms with E-state index in [-0.39, 0.29) is 16.9 Å². The minimum atomic E-state index is -0.523. The number of hydrogen-bond acceptors (Lipinski definition) is 5. The van der Waals surface area contributed by atoms with Crippen LogP contribution in [0.4, 0.5) is 0 Å². The summed E-state index contributed by atoms with van der Waals surface area (Å²) in [5.74, 6) is 0.732. The maximum absolute atomic E-state index is 13.3. The standard InChI is InChI=1S/C21H27ClN4O3/c1-19(2,3)29-16(27)20-6-12-5-13(7-20)9-21(8-12,11-20)26-15-14(25(4)18(26)28)10-23-17(22)24-15/h10,12-13H,5-9,11H2,1-4H3. The number of carbonyl (C=O) groups excluding carboxylic acids is 1. The molecule has 0 spiro atoms. The number of carbonyl (C=O) groups is 1. The fraction of sp³-hybridized carbons (Fsp3) is 0.714. The molecule has 2 aromatic heterocycles. The molecule has 2 atom stereocenters. The number of halogens is 1. The molecule has 4 aliphatic carbocycles. The molecule has 0 aromatic carbocycles. The third kappa shape index (κ3) is 2.76. The Morgan fingerprint density at radius 1 is 1.24 bits per heavy atom. The van der Waals surface area contributed by atoms with E-state index in [0.29, 0.717) is 29.4 Å². The molecule has 156 valence electrons. The van der Waals surface area contributed by atoms with Gasteiger partial charge in [-0.1, -0.05) is 0 Å². The minimum Gasteiger partial charge on any atom is -0.460 e. The second-order valence-electron chi connectivity index (χ2n) is 10.5. The van der Waals surface area contributed by atoms with Crippen LogP contribution in [0.25, 0.3) is 11.2 Å². The predicted octanol–water partition coefficient (Wildman–Crippen LogP) is 3.42. The number of hydrogen-bond donors (Lipinski definition) is 0. The van der Waals surface area contributed by atoms with E-state index in [1.54, 1.807) is 17.8 Å². The smallest absolute Gasteiger partial charge is 0.330 e. The summed E-state index contributed by atoms with van der Waals surface area (Å²) in [6.45, 7) is 5.74. The highest BCUT2D eigenvalue weighted by atomic mass is 35.5. The Balaban J connectivity index is 1.66. The monoisotopic (exact) mass is 418 g/mol. The molecular formula is C21H27ClN4O3. The normalized spacial score (nSPS) is 33.4. The van der Waals surface area contributed by atoms with E-state index in [1.807, 2.05) is 25.3 Å². The molecule has 8 heteroatoms. The van der Waals surface area contributed by atoms with Crippen molar-refractivity contribution in [2.75, 3.05) is 0 Å². The van der Waals surface area contributed by atoms with Gasteiger partial charge in [0.15, 0.2) is 5.65 Å². The minimum absolute atomic E-state index is 0.107. The highest BCUT2D eigenvalue weighted by Crippen LogP contribution is 2.64. The van der Waals surface area contributed by atoms with Crippen LogP contribution in [0.15, 0.2) is 11.0 Å². The fourth-order valence-electron chi connectivity index (χ4n) is 6.62. The topological polar surface area (TPSA) is 79.0 Å². The predicted molar refractivity (Wildman–Crippen MR) is 109 cm³/mol. The Bertz CT molecular complexity index is 1070. The zero-order chi connectivity index (χ0) is 20.8. The van der Waals surface area contributed by atoms with Crippen LogP contribution in [0, 0.1) is 17.3 Å². The molecule has 2 unspecified atom stereocenters. The molecule has 0 N–H and O–H groups in total. The summed E-state index contributed by atoms with van der Waals surface area (Å²) >= 11 is 6.09. The zero-order valence-corrected chi connectivity index (χ0v) is 18.1. The first-order chi connectivity index (χ1) is 13.5. The van der Waals surface area contributed by atoms with Crippen molar-refractivity contribution in [3.8, 4) is 0 Å². The van der Waals surface area contributed by atoms with Crippen molar-refractivity contribution >= 4 is 28.7 Å². The highest BCUT2D eigenvalue weighted by Gasteiger charge is 2.63. The molecule has 29 heavy (non-hydrogen) atoms. The van der Waals surface area contributed by atoms with Gasteiger partial charge in [0.25, 0.3) is 0 Å². The summed E-state index contributed by atoms with van der Waals surface area (Å²) in [6.07, 6.45) is 6.87. The molecule has 4 bridgehead atoms. The van der Waals surface area contributed by atoms with Gasteiger partial charge in [0.05, 0.1) is 17.2 Å². The van der Waals surface area contributed by atoms with Gasteiger partial charge < -0.3 is 4.74 Å². The second-order valence-corrected chi connectivity index (χ2v) is 10.8. The zero-order valence-electron chi connectivity index (χ0n) is 17.4. The quantitative estimate of drug-likeness (QED) is 0.551. The molecule has 0 saturated heterocycles. The maximum Gasteiger partial charge on any atom is 0.330 e. The fourth-order valence-corrected chi connectivity index (χ4v) is 6.75. The summed E-state index contributed by atoms with van der Waals surface area (Å²) in [5, 5.41) is 0.128. The van der Waals surface area contributed by atoms with Crippen molar-refractivity contribution in [3.63, 3.8) is 0 Å². The first-order valence-electron chi connectivity index (χ1n) is 10.4. The average Bonchev–Trinajstić information content (AvgIpc) is 2.83. The SMILES string of the molecule is Cn1c(=O)n(C23CC4CC(CC(C(=O)OC(C)(C)C)(C4)C2)C3)c2nc(Cl)ncc21. The summed E-state index contributed by atoms with van der Waals surface area (Å²) < 4.78 is 9.28. The molecule has 7 nitrogen and oxygen atoms in total. The molecule has 2 aromatic rings. The van der Waals surface area contributed by atoms with Crippen molar-refractivity contribution in [1.29, 1.82) is 0 Å². The largest absolute Gasteiger partial charge is 0.460 e. The lowest BCUT2D eigenvalue weighted by Crippen LogP contribution is -2.61. The van der Waals surface area contributed by atoms with Crippen molar-refractivity contribution in [3.05, 3.63) is 22.0 Å². The Kier molecular flexibility index (Phi) is 3.84. The lowest BCUT2D eigenvalue weighted by molar-refractivity contribution is -0.189. The molecule has 2 heterocycles. The van der Waals surface area contributed by atoms with E-state index in [1.165, 1.54) is 0 Å². The average molecular weight is 419 g/mol. The van der Waals surface area contributed by atoms with Gasteiger partial charge in [-0.05, 0) is 82.7 Å². The molecule has 6 rings (SSSR count). The number of fused-ring (bicyclic) bond motifs is 1. The van der Waals surface area contributed by atoms with E-state index in [2.05, 4.69) is 9.97 Å².